The Morgan fingerprint density at radius 1 is 1.29 bits per heavy atom. The smallest absolute Gasteiger partial charge is 0.339 e. The summed E-state index contributed by atoms with van der Waals surface area (Å²) in [5, 5.41) is 17.3. The summed E-state index contributed by atoms with van der Waals surface area (Å²) in [5.41, 5.74) is 2.09. The second kappa shape index (κ2) is 5.33. The van der Waals surface area contributed by atoms with Crippen LogP contribution in [-0.2, 0) is 11.3 Å². The monoisotopic (exact) mass is 287 g/mol. The van der Waals surface area contributed by atoms with Gasteiger partial charge >= 0.3 is 5.97 Å². The molecule has 0 spiro atoms. The number of hydrogen-bond donors (Lipinski definition) is 1. The number of aromatic carboxylic acids is 1. The Morgan fingerprint density at radius 3 is 2.90 bits per heavy atom. The minimum absolute atomic E-state index is 0.129. The second-order valence-corrected chi connectivity index (χ2v) is 4.45. The Labute approximate surface area is 119 Å². The van der Waals surface area contributed by atoms with Crippen molar-refractivity contribution < 1.29 is 14.6 Å². The molecular weight excluding hydrogens is 274 g/mol. The number of carboxylic acids is 1. The zero-order chi connectivity index (χ0) is 14.8. The number of aromatic nitrogens is 5. The molecule has 0 saturated carbocycles. The maximum absolute atomic E-state index is 11.0. The Balaban J connectivity index is 1.94. The van der Waals surface area contributed by atoms with Crippen LogP contribution in [0.1, 0.15) is 10.4 Å². The van der Waals surface area contributed by atoms with E-state index in [9.17, 15) is 4.79 Å². The Morgan fingerprint density at radius 2 is 2.14 bits per heavy atom. The van der Waals surface area contributed by atoms with Gasteiger partial charge in [-0.15, -0.1) is 0 Å². The molecule has 0 aliphatic rings. The molecule has 8 nitrogen and oxygen atoms in total. The molecule has 108 valence electrons. The number of carboxylic acid groups (broad SMARTS) is 1. The van der Waals surface area contributed by atoms with Gasteiger partial charge < -0.3 is 9.84 Å². The third-order valence-corrected chi connectivity index (χ3v) is 3.09. The number of hydrogen-bond acceptors (Lipinski definition) is 5. The summed E-state index contributed by atoms with van der Waals surface area (Å²) in [7, 11) is 1.64. The fourth-order valence-corrected chi connectivity index (χ4v) is 2.00. The molecule has 0 fully saturated rings. The quantitative estimate of drug-likeness (QED) is 0.750. The van der Waals surface area contributed by atoms with Gasteiger partial charge in [0.2, 0.25) is 0 Å². The molecular formula is C13H13N5O3. The number of carbonyl (C=O) groups is 1. The second-order valence-electron chi connectivity index (χ2n) is 4.45. The van der Waals surface area contributed by atoms with E-state index in [1.807, 2.05) is 6.20 Å². The van der Waals surface area contributed by atoms with Crippen molar-refractivity contribution in [2.75, 3.05) is 13.7 Å². The first-order valence-corrected chi connectivity index (χ1v) is 6.27. The van der Waals surface area contributed by atoms with Crippen molar-refractivity contribution in [1.29, 1.82) is 0 Å². The van der Waals surface area contributed by atoms with E-state index in [2.05, 4.69) is 15.2 Å². The lowest BCUT2D eigenvalue weighted by molar-refractivity contribution is 0.0699. The summed E-state index contributed by atoms with van der Waals surface area (Å²) in [5.74, 6) is -1.02. The van der Waals surface area contributed by atoms with E-state index < -0.39 is 5.97 Å². The number of ether oxygens (including phenoxy) is 1. The van der Waals surface area contributed by atoms with Crippen LogP contribution in [0.3, 0.4) is 0 Å². The summed E-state index contributed by atoms with van der Waals surface area (Å²) < 4.78 is 8.26. The molecule has 0 saturated heterocycles. The van der Waals surface area contributed by atoms with Crippen molar-refractivity contribution in [2.45, 2.75) is 6.54 Å². The van der Waals surface area contributed by atoms with Gasteiger partial charge in [-0.1, -0.05) is 0 Å². The molecule has 0 aromatic carbocycles. The van der Waals surface area contributed by atoms with Crippen LogP contribution in [0, 0.1) is 0 Å². The summed E-state index contributed by atoms with van der Waals surface area (Å²) in [6.45, 7) is 1.23. The van der Waals surface area contributed by atoms with Gasteiger partial charge in [0.05, 0.1) is 49.1 Å². The van der Waals surface area contributed by atoms with Crippen LogP contribution >= 0.6 is 0 Å². The van der Waals surface area contributed by atoms with Crippen molar-refractivity contribution in [3.8, 4) is 11.3 Å². The number of rotatable bonds is 5. The highest BCUT2D eigenvalue weighted by atomic mass is 16.5. The third-order valence-electron chi connectivity index (χ3n) is 3.09. The van der Waals surface area contributed by atoms with Gasteiger partial charge in [0.1, 0.15) is 5.56 Å². The zero-order valence-corrected chi connectivity index (χ0v) is 11.3. The van der Waals surface area contributed by atoms with Gasteiger partial charge in [-0.25, -0.2) is 9.31 Å². The average Bonchev–Trinajstić information content (AvgIpc) is 3.11. The van der Waals surface area contributed by atoms with Gasteiger partial charge in [0, 0.05) is 18.9 Å². The zero-order valence-electron chi connectivity index (χ0n) is 11.3. The van der Waals surface area contributed by atoms with Crippen LogP contribution in [0.4, 0.5) is 0 Å². The highest BCUT2D eigenvalue weighted by Gasteiger charge is 2.12. The van der Waals surface area contributed by atoms with E-state index in [0.717, 1.165) is 5.56 Å². The fourth-order valence-electron chi connectivity index (χ4n) is 2.00. The van der Waals surface area contributed by atoms with E-state index in [0.29, 0.717) is 24.4 Å². The van der Waals surface area contributed by atoms with Crippen LogP contribution in [0.25, 0.3) is 16.8 Å². The van der Waals surface area contributed by atoms with Gasteiger partial charge in [0.15, 0.2) is 0 Å². The number of nitrogens with zero attached hydrogens (tertiary/aromatic N) is 5. The first-order valence-electron chi connectivity index (χ1n) is 6.27. The number of methoxy groups -OCH3 is 1. The largest absolute Gasteiger partial charge is 0.478 e. The van der Waals surface area contributed by atoms with Gasteiger partial charge in [0.25, 0.3) is 0 Å². The van der Waals surface area contributed by atoms with Crippen molar-refractivity contribution >= 4 is 11.5 Å². The third kappa shape index (κ3) is 2.48. The lowest BCUT2D eigenvalue weighted by Crippen LogP contribution is -2.03. The Bertz CT molecular complexity index is 792. The van der Waals surface area contributed by atoms with Crippen molar-refractivity contribution in [3.63, 3.8) is 0 Å². The molecule has 21 heavy (non-hydrogen) atoms. The standard InChI is InChI=1S/C13H13N5O3/c1-21-3-2-17-7-9(4-15-17)11-8-18-12(6-14-11)10(5-16-18)13(19)20/h4-8H,2-3H2,1H3,(H,19,20). The maximum Gasteiger partial charge on any atom is 0.339 e. The minimum atomic E-state index is -1.02. The van der Waals surface area contributed by atoms with Crippen molar-refractivity contribution in [3.05, 3.63) is 36.5 Å². The topological polar surface area (TPSA) is 94.5 Å². The SMILES string of the molecule is COCCn1cc(-c2cn3ncc(C(=O)O)c3cn2)cn1. The summed E-state index contributed by atoms with van der Waals surface area (Å²) in [6.07, 6.45) is 8.04. The van der Waals surface area contributed by atoms with Crippen LogP contribution in [0.15, 0.2) is 31.0 Å². The molecule has 3 aromatic heterocycles. The maximum atomic E-state index is 11.0. The molecule has 0 aliphatic carbocycles. The molecule has 3 heterocycles. The van der Waals surface area contributed by atoms with Crippen LogP contribution in [0.5, 0.6) is 0 Å². The van der Waals surface area contributed by atoms with E-state index in [4.69, 9.17) is 9.84 Å². The molecule has 1 N–H and O–H groups in total. The molecule has 0 bridgehead atoms. The van der Waals surface area contributed by atoms with Crippen LogP contribution in [-0.4, -0.2) is 49.2 Å². The van der Waals surface area contributed by atoms with E-state index >= 15 is 0 Å². The molecule has 0 radical (unpaired) electrons. The minimum Gasteiger partial charge on any atom is -0.478 e. The highest BCUT2D eigenvalue weighted by molar-refractivity contribution is 5.95. The van der Waals surface area contributed by atoms with Gasteiger partial charge in [-0.3, -0.25) is 9.67 Å². The highest BCUT2D eigenvalue weighted by Crippen LogP contribution is 2.18. The van der Waals surface area contributed by atoms with Crippen molar-refractivity contribution in [2.24, 2.45) is 0 Å². The first-order chi connectivity index (χ1) is 10.2. The molecule has 0 atom stereocenters. The van der Waals surface area contributed by atoms with Crippen molar-refractivity contribution in [1.82, 2.24) is 24.4 Å². The average molecular weight is 287 g/mol. The lowest BCUT2D eigenvalue weighted by atomic mass is 10.2. The molecule has 8 heteroatoms. The van der Waals surface area contributed by atoms with E-state index in [1.54, 1.807) is 24.2 Å². The van der Waals surface area contributed by atoms with Gasteiger partial charge in [-0.2, -0.15) is 10.2 Å². The molecule has 3 aromatic rings. The molecule has 0 amide bonds. The van der Waals surface area contributed by atoms with Crippen LogP contribution in [0.2, 0.25) is 0 Å². The van der Waals surface area contributed by atoms with Gasteiger partial charge in [-0.05, 0) is 0 Å². The lowest BCUT2D eigenvalue weighted by Gasteiger charge is -2.00. The van der Waals surface area contributed by atoms with E-state index in [-0.39, 0.29) is 5.56 Å². The predicted octanol–water partition coefficient (Wildman–Crippen LogP) is 0.937. The summed E-state index contributed by atoms with van der Waals surface area (Å²) in [6, 6.07) is 0. The summed E-state index contributed by atoms with van der Waals surface area (Å²) >= 11 is 0. The molecule has 0 unspecified atom stereocenters. The normalized spacial score (nSPS) is 11.1. The number of fused-ring (bicyclic) bond motifs is 1. The summed E-state index contributed by atoms with van der Waals surface area (Å²) in [4.78, 5) is 15.3. The Kier molecular flexibility index (Phi) is 3.36. The van der Waals surface area contributed by atoms with Crippen LogP contribution < -0.4 is 0 Å². The molecule has 3 rings (SSSR count). The predicted molar refractivity (Wildman–Crippen MR) is 73.0 cm³/mol. The fraction of sp³-hybridized carbons (Fsp3) is 0.231. The molecule has 0 aliphatic heterocycles. The Hall–Kier alpha value is -2.74. The first kappa shape index (κ1) is 13.3. The van der Waals surface area contributed by atoms with E-state index in [1.165, 1.54) is 16.9 Å².